The molecule has 3 heterocycles. The molecule has 122 valence electrons. The number of amides is 1. The summed E-state index contributed by atoms with van der Waals surface area (Å²) in [6.45, 7) is 4.16. The minimum Gasteiger partial charge on any atom is -0.444 e. The molecule has 1 fully saturated rings. The summed E-state index contributed by atoms with van der Waals surface area (Å²) >= 11 is 5.11. The van der Waals surface area contributed by atoms with E-state index in [0.29, 0.717) is 10.4 Å². The maximum Gasteiger partial charge on any atom is 0.289 e. The van der Waals surface area contributed by atoms with E-state index in [-0.39, 0.29) is 5.91 Å². The fourth-order valence-electron chi connectivity index (χ4n) is 3.20. The second kappa shape index (κ2) is 6.37. The van der Waals surface area contributed by atoms with Crippen LogP contribution in [-0.2, 0) is 19.4 Å². The van der Waals surface area contributed by atoms with Crippen LogP contribution in [0.5, 0.6) is 0 Å². The third-order valence-corrected chi connectivity index (χ3v) is 6.01. The highest BCUT2D eigenvalue weighted by molar-refractivity contribution is 9.10. The van der Waals surface area contributed by atoms with Gasteiger partial charge in [-0.15, -0.1) is 11.3 Å². The minimum absolute atomic E-state index is 0.0245. The highest BCUT2D eigenvalue weighted by Gasteiger charge is 2.25. The Bertz CT molecular complexity index is 697. The van der Waals surface area contributed by atoms with Gasteiger partial charge in [0.1, 0.15) is 5.01 Å². The lowest BCUT2D eigenvalue weighted by molar-refractivity contribution is 0.0596. The molecule has 0 saturated carbocycles. The maximum absolute atomic E-state index is 12.4. The number of halogens is 1. The average Bonchev–Trinajstić information content (AvgIpc) is 3.23. The van der Waals surface area contributed by atoms with Gasteiger partial charge in [0.15, 0.2) is 10.4 Å². The SMILES string of the molecule is O=C(c1ccc(Br)o1)N1CCN(Cc2nc3c(s2)CCC3)CC1. The molecule has 0 radical (unpaired) electrons. The van der Waals surface area contributed by atoms with Crippen molar-refractivity contribution in [2.45, 2.75) is 25.8 Å². The number of aromatic nitrogens is 1. The summed E-state index contributed by atoms with van der Waals surface area (Å²) < 4.78 is 5.95. The van der Waals surface area contributed by atoms with E-state index in [4.69, 9.17) is 9.40 Å². The number of rotatable bonds is 3. The van der Waals surface area contributed by atoms with Crippen molar-refractivity contribution in [3.63, 3.8) is 0 Å². The van der Waals surface area contributed by atoms with Gasteiger partial charge in [0.2, 0.25) is 0 Å². The molecule has 1 aliphatic heterocycles. The van der Waals surface area contributed by atoms with Crippen LogP contribution in [0, 0.1) is 0 Å². The molecule has 2 aliphatic rings. The lowest BCUT2D eigenvalue weighted by atomic mass is 10.3. The lowest BCUT2D eigenvalue weighted by Crippen LogP contribution is -2.48. The monoisotopic (exact) mass is 395 g/mol. The van der Waals surface area contributed by atoms with Crippen LogP contribution in [0.2, 0.25) is 0 Å². The van der Waals surface area contributed by atoms with Crippen LogP contribution in [0.3, 0.4) is 0 Å². The molecule has 0 bridgehead atoms. The van der Waals surface area contributed by atoms with E-state index in [1.165, 1.54) is 28.4 Å². The van der Waals surface area contributed by atoms with Crippen molar-refractivity contribution in [3.05, 3.63) is 38.1 Å². The van der Waals surface area contributed by atoms with E-state index in [0.717, 1.165) is 39.1 Å². The third-order valence-electron chi connectivity index (χ3n) is 4.44. The van der Waals surface area contributed by atoms with E-state index >= 15 is 0 Å². The van der Waals surface area contributed by atoms with Crippen LogP contribution in [-0.4, -0.2) is 46.9 Å². The Kier molecular flexibility index (Phi) is 4.26. The minimum atomic E-state index is -0.0245. The lowest BCUT2D eigenvalue weighted by Gasteiger charge is -2.33. The summed E-state index contributed by atoms with van der Waals surface area (Å²) in [6, 6.07) is 3.47. The number of hydrogen-bond donors (Lipinski definition) is 0. The van der Waals surface area contributed by atoms with Gasteiger partial charge in [-0.3, -0.25) is 9.69 Å². The Balaban J connectivity index is 1.32. The van der Waals surface area contributed by atoms with Crippen LogP contribution < -0.4 is 0 Å². The molecule has 1 aliphatic carbocycles. The molecule has 23 heavy (non-hydrogen) atoms. The molecule has 2 aromatic heterocycles. The highest BCUT2D eigenvalue weighted by atomic mass is 79.9. The summed E-state index contributed by atoms with van der Waals surface area (Å²) in [6.07, 6.45) is 3.61. The molecule has 1 saturated heterocycles. The first-order valence-electron chi connectivity index (χ1n) is 7.93. The molecule has 5 nitrogen and oxygen atoms in total. The second-order valence-corrected chi connectivity index (χ2v) is 7.95. The number of furan rings is 1. The van der Waals surface area contributed by atoms with Gasteiger partial charge in [-0.05, 0) is 47.3 Å². The summed E-state index contributed by atoms with van der Waals surface area (Å²) in [5.41, 5.74) is 1.32. The van der Waals surface area contributed by atoms with Gasteiger partial charge < -0.3 is 9.32 Å². The van der Waals surface area contributed by atoms with E-state index in [2.05, 4.69) is 20.8 Å². The molecular formula is C16H18BrN3O2S. The molecule has 0 unspecified atom stereocenters. The van der Waals surface area contributed by atoms with Crippen molar-refractivity contribution >= 4 is 33.2 Å². The van der Waals surface area contributed by atoms with Gasteiger partial charge in [0.05, 0.1) is 12.2 Å². The van der Waals surface area contributed by atoms with Gasteiger partial charge in [-0.1, -0.05) is 0 Å². The zero-order valence-electron chi connectivity index (χ0n) is 12.8. The number of piperazine rings is 1. The maximum atomic E-state index is 12.4. The molecular weight excluding hydrogens is 378 g/mol. The summed E-state index contributed by atoms with van der Waals surface area (Å²) in [5, 5.41) is 1.23. The predicted molar refractivity (Wildman–Crippen MR) is 91.7 cm³/mol. The molecule has 2 aromatic rings. The number of fused-ring (bicyclic) bond motifs is 1. The van der Waals surface area contributed by atoms with Crippen LogP contribution in [0.15, 0.2) is 21.2 Å². The number of thiazole rings is 1. The molecule has 0 aromatic carbocycles. The number of hydrogen-bond acceptors (Lipinski definition) is 5. The summed E-state index contributed by atoms with van der Waals surface area (Å²) in [7, 11) is 0. The Hall–Kier alpha value is -1.18. The first-order valence-corrected chi connectivity index (χ1v) is 9.54. The zero-order chi connectivity index (χ0) is 15.8. The smallest absolute Gasteiger partial charge is 0.289 e. The van der Waals surface area contributed by atoms with Crippen molar-refractivity contribution in [2.75, 3.05) is 26.2 Å². The van der Waals surface area contributed by atoms with Gasteiger partial charge in [0, 0.05) is 31.1 Å². The number of nitrogens with zero attached hydrogens (tertiary/aromatic N) is 3. The molecule has 0 spiro atoms. The third kappa shape index (κ3) is 3.22. The van der Waals surface area contributed by atoms with Crippen LogP contribution >= 0.6 is 27.3 Å². The number of aryl methyl sites for hydroxylation is 2. The van der Waals surface area contributed by atoms with E-state index in [1.54, 1.807) is 12.1 Å². The number of carbonyl (C=O) groups is 1. The van der Waals surface area contributed by atoms with Crippen molar-refractivity contribution in [3.8, 4) is 0 Å². The van der Waals surface area contributed by atoms with Crippen molar-refractivity contribution in [1.82, 2.24) is 14.8 Å². The molecule has 4 rings (SSSR count). The highest BCUT2D eigenvalue weighted by Crippen LogP contribution is 2.28. The van der Waals surface area contributed by atoms with Crippen molar-refractivity contribution < 1.29 is 9.21 Å². The first kappa shape index (κ1) is 15.4. The van der Waals surface area contributed by atoms with Crippen LogP contribution in [0.1, 0.15) is 32.6 Å². The average molecular weight is 396 g/mol. The van der Waals surface area contributed by atoms with Crippen LogP contribution in [0.25, 0.3) is 0 Å². The van der Waals surface area contributed by atoms with Gasteiger partial charge >= 0.3 is 0 Å². The fraction of sp³-hybridized carbons (Fsp3) is 0.500. The standard InChI is InChI=1S/C16H18BrN3O2S/c17-14-5-4-12(22-14)16(21)20-8-6-19(7-9-20)10-15-18-11-2-1-3-13(11)23-15/h4-5H,1-3,6-10H2. The molecule has 0 N–H and O–H groups in total. The van der Waals surface area contributed by atoms with Gasteiger partial charge in [-0.25, -0.2) is 4.98 Å². The Labute approximate surface area is 147 Å². The normalized spacial score (nSPS) is 18.4. The fourth-order valence-corrected chi connectivity index (χ4v) is 4.70. The predicted octanol–water partition coefficient (Wildman–Crippen LogP) is 2.95. The van der Waals surface area contributed by atoms with Gasteiger partial charge in [-0.2, -0.15) is 0 Å². The largest absolute Gasteiger partial charge is 0.444 e. The first-order chi connectivity index (χ1) is 11.2. The van der Waals surface area contributed by atoms with E-state index in [9.17, 15) is 4.79 Å². The van der Waals surface area contributed by atoms with Crippen molar-refractivity contribution in [1.29, 1.82) is 0 Å². The Morgan fingerprint density at radius 1 is 1.26 bits per heavy atom. The quantitative estimate of drug-likeness (QED) is 0.801. The number of carbonyl (C=O) groups excluding carboxylic acids is 1. The van der Waals surface area contributed by atoms with Crippen LogP contribution in [0.4, 0.5) is 0 Å². The van der Waals surface area contributed by atoms with Crippen molar-refractivity contribution in [2.24, 2.45) is 0 Å². The zero-order valence-corrected chi connectivity index (χ0v) is 15.2. The van der Waals surface area contributed by atoms with E-state index in [1.807, 2.05) is 16.2 Å². The second-order valence-electron chi connectivity index (χ2n) is 6.00. The van der Waals surface area contributed by atoms with E-state index < -0.39 is 0 Å². The Morgan fingerprint density at radius 3 is 2.78 bits per heavy atom. The summed E-state index contributed by atoms with van der Waals surface area (Å²) in [5.74, 6) is 0.380. The molecule has 0 atom stereocenters. The Morgan fingerprint density at radius 2 is 2.09 bits per heavy atom. The molecule has 1 amide bonds. The topological polar surface area (TPSA) is 49.6 Å². The molecule has 7 heteroatoms. The summed E-state index contributed by atoms with van der Waals surface area (Å²) in [4.78, 5) is 22.9. The van der Waals surface area contributed by atoms with Gasteiger partial charge in [0.25, 0.3) is 5.91 Å².